The van der Waals surface area contributed by atoms with E-state index in [1.54, 1.807) is 0 Å². The molecule has 0 fully saturated rings. The predicted octanol–water partition coefficient (Wildman–Crippen LogP) is 2.29. The lowest BCUT2D eigenvalue weighted by molar-refractivity contribution is -0.141. The Hall–Kier alpha value is -1.59. The van der Waals surface area contributed by atoms with Crippen molar-refractivity contribution in [2.75, 3.05) is 0 Å². The molecule has 15 heavy (non-hydrogen) atoms. The van der Waals surface area contributed by atoms with E-state index in [0.717, 1.165) is 18.3 Å². The quantitative estimate of drug-likeness (QED) is 0.830. The molecule has 0 saturated carbocycles. The molecule has 0 aliphatic heterocycles. The molecule has 0 saturated heterocycles. The molecule has 1 aromatic heterocycles. The van der Waals surface area contributed by atoms with Crippen molar-refractivity contribution in [1.82, 2.24) is 4.98 Å². The molecule has 82 valence electrons. The fourth-order valence-electron chi connectivity index (χ4n) is 0.972. The van der Waals surface area contributed by atoms with Gasteiger partial charge in [-0.3, -0.25) is 9.78 Å². The van der Waals surface area contributed by atoms with E-state index in [0.29, 0.717) is 0 Å². The molecule has 1 atom stereocenters. The first-order valence-corrected chi connectivity index (χ1v) is 4.08. The van der Waals surface area contributed by atoms with Crippen LogP contribution < -0.4 is 0 Å². The molecule has 0 aromatic carbocycles. The van der Waals surface area contributed by atoms with Crippen LogP contribution in [0.25, 0.3) is 0 Å². The van der Waals surface area contributed by atoms with Gasteiger partial charge >= 0.3 is 12.1 Å². The summed E-state index contributed by atoms with van der Waals surface area (Å²) in [6, 6.07) is 1.89. The number of alkyl halides is 3. The number of carboxylic acid groups (broad SMARTS) is 1. The van der Waals surface area contributed by atoms with E-state index in [1.165, 1.54) is 6.92 Å². The third-order valence-electron chi connectivity index (χ3n) is 1.95. The van der Waals surface area contributed by atoms with Gasteiger partial charge in [-0.1, -0.05) is 6.07 Å². The highest BCUT2D eigenvalue weighted by Gasteiger charge is 2.32. The molecule has 0 aliphatic carbocycles. The standard InChI is InChI=1S/C9H8F3NO2/c1-5(8(14)15)6-2-3-7(13-4-6)9(10,11)12/h2-5H,1H3,(H,14,15)/t5-/m0/s1. The zero-order valence-corrected chi connectivity index (χ0v) is 7.75. The summed E-state index contributed by atoms with van der Waals surface area (Å²) in [7, 11) is 0. The number of carbonyl (C=O) groups is 1. The molecule has 1 N–H and O–H groups in total. The smallest absolute Gasteiger partial charge is 0.433 e. The molecule has 1 rings (SSSR count). The van der Waals surface area contributed by atoms with Crippen LogP contribution in [0.1, 0.15) is 24.1 Å². The Labute approximate surface area is 83.6 Å². The van der Waals surface area contributed by atoms with Gasteiger partial charge in [0.25, 0.3) is 0 Å². The number of pyridine rings is 1. The van der Waals surface area contributed by atoms with Gasteiger partial charge in [0.15, 0.2) is 0 Å². The molecular formula is C9H8F3NO2. The Morgan fingerprint density at radius 3 is 2.40 bits per heavy atom. The van der Waals surface area contributed by atoms with Crippen molar-refractivity contribution in [3.8, 4) is 0 Å². The normalized spacial score (nSPS) is 13.6. The zero-order chi connectivity index (χ0) is 11.6. The van der Waals surface area contributed by atoms with Crippen LogP contribution in [0.2, 0.25) is 0 Å². The molecule has 1 aromatic rings. The number of hydrogen-bond acceptors (Lipinski definition) is 2. The van der Waals surface area contributed by atoms with Gasteiger partial charge in [0.05, 0.1) is 5.92 Å². The van der Waals surface area contributed by atoms with Crippen molar-refractivity contribution < 1.29 is 23.1 Å². The van der Waals surface area contributed by atoms with E-state index in [9.17, 15) is 18.0 Å². The van der Waals surface area contributed by atoms with Crippen molar-refractivity contribution in [3.05, 3.63) is 29.6 Å². The second-order valence-corrected chi connectivity index (χ2v) is 3.03. The van der Waals surface area contributed by atoms with Crippen molar-refractivity contribution in [2.24, 2.45) is 0 Å². The Morgan fingerprint density at radius 2 is 2.07 bits per heavy atom. The minimum absolute atomic E-state index is 0.246. The lowest BCUT2D eigenvalue weighted by Gasteiger charge is -2.08. The molecule has 3 nitrogen and oxygen atoms in total. The minimum atomic E-state index is -4.50. The Morgan fingerprint density at radius 1 is 1.47 bits per heavy atom. The largest absolute Gasteiger partial charge is 0.481 e. The van der Waals surface area contributed by atoms with Crippen molar-refractivity contribution >= 4 is 5.97 Å². The predicted molar refractivity (Wildman–Crippen MR) is 45.3 cm³/mol. The van der Waals surface area contributed by atoms with Crippen LogP contribution >= 0.6 is 0 Å². The van der Waals surface area contributed by atoms with E-state index in [-0.39, 0.29) is 5.56 Å². The molecule has 0 amide bonds. The molecule has 1 heterocycles. The van der Waals surface area contributed by atoms with Crippen molar-refractivity contribution in [2.45, 2.75) is 19.0 Å². The van der Waals surface area contributed by atoms with Gasteiger partial charge in [0.1, 0.15) is 5.69 Å². The Bertz CT molecular complexity index is 359. The number of rotatable bonds is 2. The minimum Gasteiger partial charge on any atom is -0.481 e. The van der Waals surface area contributed by atoms with Crippen LogP contribution in [0.15, 0.2) is 18.3 Å². The summed E-state index contributed by atoms with van der Waals surface area (Å²) in [5, 5.41) is 8.61. The fourth-order valence-corrected chi connectivity index (χ4v) is 0.972. The van der Waals surface area contributed by atoms with Gasteiger partial charge in [-0.15, -0.1) is 0 Å². The van der Waals surface area contributed by atoms with E-state index in [2.05, 4.69) is 4.98 Å². The van der Waals surface area contributed by atoms with Crippen molar-refractivity contribution in [1.29, 1.82) is 0 Å². The maximum absolute atomic E-state index is 12.1. The lowest BCUT2D eigenvalue weighted by atomic mass is 10.0. The molecule has 0 spiro atoms. The molecular weight excluding hydrogens is 211 g/mol. The average Bonchev–Trinajstić information content (AvgIpc) is 2.15. The summed E-state index contributed by atoms with van der Waals surface area (Å²) >= 11 is 0. The SMILES string of the molecule is C[C@H](C(=O)O)c1ccc(C(F)(F)F)nc1. The van der Waals surface area contributed by atoms with Crippen LogP contribution in [0.3, 0.4) is 0 Å². The fraction of sp³-hybridized carbons (Fsp3) is 0.333. The highest BCUT2D eigenvalue weighted by atomic mass is 19.4. The number of nitrogens with zero attached hydrogens (tertiary/aromatic N) is 1. The topological polar surface area (TPSA) is 50.2 Å². The van der Waals surface area contributed by atoms with Crippen LogP contribution in [-0.4, -0.2) is 16.1 Å². The van der Waals surface area contributed by atoms with Crippen LogP contribution in [0, 0.1) is 0 Å². The summed E-state index contributed by atoms with van der Waals surface area (Å²) < 4.78 is 36.3. The van der Waals surface area contributed by atoms with E-state index < -0.39 is 23.8 Å². The second-order valence-electron chi connectivity index (χ2n) is 3.03. The lowest BCUT2D eigenvalue weighted by Crippen LogP contribution is -2.11. The first-order chi connectivity index (χ1) is 6.82. The number of hydrogen-bond donors (Lipinski definition) is 1. The van der Waals surface area contributed by atoms with E-state index in [1.807, 2.05) is 0 Å². The summed E-state index contributed by atoms with van der Waals surface area (Å²) in [5.74, 6) is -1.96. The van der Waals surface area contributed by atoms with Gasteiger partial charge in [0, 0.05) is 6.20 Å². The molecule has 0 radical (unpaired) electrons. The highest BCUT2D eigenvalue weighted by Crippen LogP contribution is 2.28. The summed E-state index contributed by atoms with van der Waals surface area (Å²) in [5.41, 5.74) is -0.778. The summed E-state index contributed by atoms with van der Waals surface area (Å²) in [6.45, 7) is 1.38. The first kappa shape index (κ1) is 11.5. The molecule has 6 heteroatoms. The van der Waals surface area contributed by atoms with Crippen LogP contribution in [0.4, 0.5) is 13.2 Å². The number of carboxylic acids is 1. The zero-order valence-electron chi connectivity index (χ0n) is 7.75. The number of halogens is 3. The molecule has 0 aliphatic rings. The van der Waals surface area contributed by atoms with E-state index in [4.69, 9.17) is 5.11 Å². The highest BCUT2D eigenvalue weighted by molar-refractivity contribution is 5.75. The summed E-state index contributed by atoms with van der Waals surface area (Å²) in [4.78, 5) is 13.7. The monoisotopic (exact) mass is 219 g/mol. The maximum Gasteiger partial charge on any atom is 0.433 e. The van der Waals surface area contributed by atoms with E-state index >= 15 is 0 Å². The van der Waals surface area contributed by atoms with Gasteiger partial charge < -0.3 is 5.11 Å². The van der Waals surface area contributed by atoms with Gasteiger partial charge in [-0.2, -0.15) is 13.2 Å². The Balaban J connectivity index is 2.95. The summed E-state index contributed by atoms with van der Waals surface area (Å²) in [6.07, 6.45) is -3.56. The number of aliphatic carboxylic acids is 1. The van der Waals surface area contributed by atoms with Crippen LogP contribution in [0.5, 0.6) is 0 Å². The first-order valence-electron chi connectivity index (χ1n) is 4.08. The van der Waals surface area contributed by atoms with Crippen LogP contribution in [-0.2, 0) is 11.0 Å². The third-order valence-corrected chi connectivity index (χ3v) is 1.95. The Kier molecular flexibility index (Phi) is 2.97. The number of aromatic nitrogens is 1. The molecule has 0 unspecified atom stereocenters. The van der Waals surface area contributed by atoms with Crippen molar-refractivity contribution in [3.63, 3.8) is 0 Å². The third kappa shape index (κ3) is 2.68. The second kappa shape index (κ2) is 3.88. The average molecular weight is 219 g/mol. The maximum atomic E-state index is 12.1. The van der Waals surface area contributed by atoms with Gasteiger partial charge in [-0.05, 0) is 18.6 Å². The van der Waals surface area contributed by atoms with Gasteiger partial charge in [-0.25, -0.2) is 0 Å². The van der Waals surface area contributed by atoms with Gasteiger partial charge in [0.2, 0.25) is 0 Å². The molecule has 0 bridgehead atoms.